The number of rotatable bonds is 3. The summed E-state index contributed by atoms with van der Waals surface area (Å²) in [6, 6.07) is 11.9. The van der Waals surface area contributed by atoms with Crippen molar-refractivity contribution in [3.8, 4) is 11.1 Å². The van der Waals surface area contributed by atoms with Gasteiger partial charge in [0.15, 0.2) is 0 Å². The molecule has 1 aliphatic rings. The zero-order chi connectivity index (χ0) is 17.5. The predicted molar refractivity (Wildman–Crippen MR) is 95.8 cm³/mol. The van der Waals surface area contributed by atoms with E-state index in [9.17, 15) is 13.9 Å². The Hall–Kier alpha value is -2.23. The number of benzene rings is 2. The third-order valence-corrected chi connectivity index (χ3v) is 6.75. The lowest BCUT2D eigenvalue weighted by atomic mass is 9.95. The van der Waals surface area contributed by atoms with E-state index in [4.69, 9.17) is 0 Å². The average molecular weight is 340 g/mol. The van der Waals surface area contributed by atoms with Crippen molar-refractivity contribution in [1.82, 2.24) is 0 Å². The van der Waals surface area contributed by atoms with E-state index >= 15 is 0 Å². The largest absolute Gasteiger partial charge is 0.412 e. The van der Waals surface area contributed by atoms with E-state index in [0.29, 0.717) is 12.0 Å². The first-order chi connectivity index (χ1) is 11.4. The summed E-state index contributed by atoms with van der Waals surface area (Å²) < 4.78 is 25.1. The molecule has 0 aliphatic heterocycles. The number of sulfone groups is 1. The fourth-order valence-electron chi connectivity index (χ4n) is 3.37. The molecule has 0 heterocycles. The number of hydrogen-bond acceptors (Lipinski definition) is 2. The van der Waals surface area contributed by atoms with Crippen molar-refractivity contribution in [3.05, 3.63) is 64.2 Å². The van der Waals surface area contributed by atoms with Gasteiger partial charge >= 0.3 is 5.04 Å². The van der Waals surface area contributed by atoms with Crippen LogP contribution in [0.2, 0.25) is 0 Å². The molecular weight excluding hydrogens is 320 g/mol. The van der Waals surface area contributed by atoms with Gasteiger partial charge in [-0.2, -0.15) is 4.79 Å². The molecule has 0 fully saturated rings. The Kier molecular flexibility index (Phi) is 4.16. The highest BCUT2D eigenvalue weighted by Gasteiger charge is 2.36. The van der Waals surface area contributed by atoms with E-state index in [-0.39, 0.29) is 5.04 Å². The molecule has 5 heteroatoms. The molecule has 4 nitrogen and oxygen atoms in total. The number of fused-ring (bicyclic) bond motifs is 3. The number of nitrogens with zero attached hydrogens (tertiary/aromatic N) is 2. The Balaban J connectivity index is 2.24. The topological polar surface area (TPSA) is 70.5 Å². The molecule has 3 rings (SSSR count). The van der Waals surface area contributed by atoms with Gasteiger partial charge in [-0.3, -0.25) is 0 Å². The van der Waals surface area contributed by atoms with E-state index in [1.807, 2.05) is 25.1 Å². The van der Waals surface area contributed by atoms with E-state index < -0.39 is 15.1 Å². The molecule has 0 atom stereocenters. The Morgan fingerprint density at radius 2 is 1.88 bits per heavy atom. The minimum Gasteiger partial charge on any atom is -0.360 e. The van der Waals surface area contributed by atoms with Gasteiger partial charge in [-0.25, -0.2) is 8.42 Å². The van der Waals surface area contributed by atoms with Gasteiger partial charge in [0, 0.05) is 0 Å². The molecule has 0 unspecified atom stereocenters. The summed E-state index contributed by atoms with van der Waals surface area (Å²) in [7, 11) is -3.66. The van der Waals surface area contributed by atoms with Crippen molar-refractivity contribution < 1.29 is 13.2 Å². The van der Waals surface area contributed by atoms with Gasteiger partial charge in [0.1, 0.15) is 0 Å². The maximum absolute atomic E-state index is 12.6. The van der Waals surface area contributed by atoms with Gasteiger partial charge in [0.2, 0.25) is 0 Å². The molecule has 0 saturated carbocycles. The van der Waals surface area contributed by atoms with Crippen LogP contribution in [-0.2, 0) is 22.7 Å². The summed E-state index contributed by atoms with van der Waals surface area (Å²) in [5.74, 6) is 0. The minimum atomic E-state index is -3.66. The van der Waals surface area contributed by atoms with Gasteiger partial charge in [0.05, 0.1) is 10.8 Å². The van der Waals surface area contributed by atoms with Crippen LogP contribution >= 0.6 is 0 Å². The molecule has 24 heavy (non-hydrogen) atoms. The monoisotopic (exact) mass is 340 g/mol. The van der Waals surface area contributed by atoms with Crippen molar-refractivity contribution in [2.45, 2.75) is 38.9 Å². The van der Waals surface area contributed by atoms with Crippen LogP contribution in [0.15, 0.2) is 36.4 Å². The highest BCUT2D eigenvalue weighted by atomic mass is 32.2. The first-order valence-corrected chi connectivity index (χ1v) is 9.65. The molecular formula is C19H20N2O2S. The molecule has 1 aliphatic carbocycles. The Labute approximate surface area is 142 Å². The highest BCUT2D eigenvalue weighted by Crippen LogP contribution is 2.39. The molecule has 0 amide bonds. The average Bonchev–Trinajstić information content (AvgIpc) is 2.93. The smallest absolute Gasteiger partial charge is 0.360 e. The van der Waals surface area contributed by atoms with Crippen molar-refractivity contribution in [2.24, 2.45) is 0 Å². The Morgan fingerprint density at radius 1 is 1.17 bits per heavy atom. The van der Waals surface area contributed by atoms with E-state index in [1.54, 1.807) is 19.9 Å². The first-order valence-electron chi connectivity index (χ1n) is 8.11. The Bertz CT molecular complexity index is 969. The van der Waals surface area contributed by atoms with Crippen LogP contribution < -0.4 is 0 Å². The fraction of sp³-hybridized carbons (Fsp3) is 0.316. The minimum absolute atomic E-state index is 0.229. The van der Waals surface area contributed by atoms with Crippen LogP contribution in [-0.4, -0.2) is 23.5 Å². The molecule has 124 valence electrons. The summed E-state index contributed by atoms with van der Waals surface area (Å²) in [6.45, 7) is 5.18. The zero-order valence-corrected chi connectivity index (χ0v) is 14.9. The highest BCUT2D eigenvalue weighted by molar-refractivity contribution is 8.07. The summed E-state index contributed by atoms with van der Waals surface area (Å²) in [6.07, 6.45) is 1.46. The molecule has 2 aromatic rings. The summed E-state index contributed by atoms with van der Waals surface area (Å²) in [5, 5.41) is -0.869. The van der Waals surface area contributed by atoms with Crippen LogP contribution in [0.1, 0.15) is 43.0 Å². The second-order valence-corrected chi connectivity index (χ2v) is 8.72. The molecule has 0 spiro atoms. The number of hydrogen-bond donors (Lipinski definition) is 0. The van der Waals surface area contributed by atoms with Gasteiger partial charge < -0.3 is 5.53 Å². The predicted octanol–water partition coefficient (Wildman–Crippen LogP) is 3.62. The van der Waals surface area contributed by atoms with Crippen molar-refractivity contribution >= 4 is 14.9 Å². The second-order valence-electron chi connectivity index (χ2n) is 6.30. The van der Waals surface area contributed by atoms with Gasteiger partial charge in [-0.1, -0.05) is 37.3 Å². The van der Waals surface area contributed by atoms with Crippen LogP contribution in [0.5, 0.6) is 0 Å². The maximum Gasteiger partial charge on any atom is 0.412 e. The molecule has 0 saturated heterocycles. The lowest BCUT2D eigenvalue weighted by Gasteiger charge is -2.12. The quantitative estimate of drug-likeness (QED) is 0.316. The molecule has 2 aromatic carbocycles. The van der Waals surface area contributed by atoms with E-state index in [1.165, 1.54) is 11.1 Å². The molecule has 0 bridgehead atoms. The Morgan fingerprint density at radius 3 is 2.50 bits per heavy atom. The third kappa shape index (κ3) is 2.41. The molecule has 0 N–H and O–H groups in total. The van der Waals surface area contributed by atoms with Crippen LogP contribution in [0.25, 0.3) is 16.7 Å². The maximum atomic E-state index is 12.6. The standard InChI is InChI=1S/C19H20N2O2S/c1-4-14-17(19(21-20)24(22,23)12(2)3)10-9-16-15-8-6-5-7-13(15)11-18(14)16/h5-10,12H,4,11H2,1-3H3. The molecule has 0 aromatic heterocycles. The second kappa shape index (κ2) is 6.00. The van der Waals surface area contributed by atoms with Crippen molar-refractivity contribution in [3.63, 3.8) is 0 Å². The van der Waals surface area contributed by atoms with Gasteiger partial charge in [-0.15, -0.1) is 0 Å². The zero-order valence-electron chi connectivity index (χ0n) is 14.1. The van der Waals surface area contributed by atoms with Crippen molar-refractivity contribution in [1.29, 1.82) is 0 Å². The van der Waals surface area contributed by atoms with Crippen LogP contribution in [0, 0.1) is 0 Å². The van der Waals surface area contributed by atoms with Crippen molar-refractivity contribution in [2.75, 3.05) is 0 Å². The third-order valence-electron chi connectivity index (χ3n) is 4.67. The summed E-state index contributed by atoms with van der Waals surface area (Å²) in [5.41, 5.74) is 15.6. The van der Waals surface area contributed by atoms with E-state index in [0.717, 1.165) is 23.1 Å². The van der Waals surface area contributed by atoms with Crippen LogP contribution in [0.3, 0.4) is 0 Å². The lowest BCUT2D eigenvalue weighted by Crippen LogP contribution is -2.27. The normalized spacial score (nSPS) is 12.7. The van der Waals surface area contributed by atoms with Gasteiger partial charge in [-0.05, 0) is 60.6 Å². The fourth-order valence-corrected chi connectivity index (χ4v) is 4.42. The summed E-state index contributed by atoms with van der Waals surface area (Å²) in [4.78, 5) is 3.16. The molecule has 0 radical (unpaired) electrons. The summed E-state index contributed by atoms with van der Waals surface area (Å²) >= 11 is 0. The lowest BCUT2D eigenvalue weighted by molar-refractivity contribution is 0.000496. The SMILES string of the molecule is CCc1c(C(=[N+]=[N-])S(=O)(=O)C(C)C)ccc2c1Cc1ccccc1-2. The van der Waals surface area contributed by atoms with E-state index in [2.05, 4.69) is 16.9 Å². The first kappa shape index (κ1) is 16.6. The van der Waals surface area contributed by atoms with Gasteiger partial charge in [0.25, 0.3) is 9.84 Å². The van der Waals surface area contributed by atoms with Crippen LogP contribution in [0.4, 0.5) is 0 Å².